The van der Waals surface area contributed by atoms with Gasteiger partial charge >= 0.3 is 0 Å². The highest BCUT2D eigenvalue weighted by Gasteiger charge is 2.23. The first-order valence-electron chi connectivity index (χ1n) is 5.79. The summed E-state index contributed by atoms with van der Waals surface area (Å²) >= 11 is 0. The highest BCUT2D eigenvalue weighted by Crippen LogP contribution is 2.20. The van der Waals surface area contributed by atoms with E-state index in [0.717, 1.165) is 11.1 Å². The largest absolute Gasteiger partial charge is 0.262 e. The number of rotatable bonds is 4. The van der Waals surface area contributed by atoms with Crippen molar-refractivity contribution in [2.45, 2.75) is 25.3 Å². The van der Waals surface area contributed by atoms with E-state index in [4.69, 9.17) is 0 Å². The van der Waals surface area contributed by atoms with Crippen LogP contribution in [-0.2, 0) is 16.6 Å². The number of hydrogen-bond acceptors (Lipinski definition) is 4. The van der Waals surface area contributed by atoms with E-state index < -0.39 is 10.0 Å². The Labute approximate surface area is 112 Å². The van der Waals surface area contributed by atoms with Crippen molar-refractivity contribution in [3.8, 4) is 0 Å². The lowest BCUT2D eigenvalue weighted by molar-refractivity contribution is 0.457. The zero-order valence-electron chi connectivity index (χ0n) is 11.1. The molecule has 0 radical (unpaired) electrons. The third kappa shape index (κ3) is 2.82. The van der Waals surface area contributed by atoms with Gasteiger partial charge in [0.15, 0.2) is 0 Å². The van der Waals surface area contributed by atoms with Crippen molar-refractivity contribution in [1.29, 1.82) is 0 Å². The van der Waals surface area contributed by atoms with Gasteiger partial charge in [-0.2, -0.15) is 9.40 Å². The first-order chi connectivity index (χ1) is 8.91. The molecule has 1 aromatic heterocycles. The molecule has 0 fully saturated rings. The summed E-state index contributed by atoms with van der Waals surface area (Å²) in [6, 6.07) is 5.29. The molecule has 6 nitrogen and oxygen atoms in total. The summed E-state index contributed by atoms with van der Waals surface area (Å²) < 4.78 is 26.2. The minimum Gasteiger partial charge on any atom is -0.262 e. The fourth-order valence-corrected chi connectivity index (χ4v) is 3.19. The van der Waals surface area contributed by atoms with Gasteiger partial charge in [0.1, 0.15) is 12.2 Å². The molecule has 0 saturated heterocycles. The predicted octanol–water partition coefficient (Wildman–Crippen LogP) is 1.24. The summed E-state index contributed by atoms with van der Waals surface area (Å²) in [6.45, 7) is 3.89. The fourth-order valence-electron chi connectivity index (χ4n) is 1.86. The second-order valence-corrected chi connectivity index (χ2v) is 6.48. The Balaban J connectivity index is 2.31. The monoisotopic (exact) mass is 280 g/mol. The van der Waals surface area contributed by atoms with Crippen molar-refractivity contribution >= 4 is 10.0 Å². The third-order valence-corrected chi connectivity index (χ3v) is 4.82. The van der Waals surface area contributed by atoms with Crippen molar-refractivity contribution < 1.29 is 8.42 Å². The molecule has 0 spiro atoms. The first kappa shape index (κ1) is 13.7. The average Bonchev–Trinajstić information content (AvgIpc) is 2.81. The Morgan fingerprint density at radius 2 is 2.05 bits per heavy atom. The van der Waals surface area contributed by atoms with Crippen LogP contribution in [0.2, 0.25) is 0 Å². The smallest absolute Gasteiger partial charge is 0.243 e. The van der Waals surface area contributed by atoms with Gasteiger partial charge in [-0.1, -0.05) is 17.7 Å². The molecule has 0 aliphatic rings. The van der Waals surface area contributed by atoms with Crippen molar-refractivity contribution in [2.75, 3.05) is 7.05 Å². The third-order valence-electron chi connectivity index (χ3n) is 2.86. The van der Waals surface area contributed by atoms with E-state index in [1.54, 1.807) is 19.1 Å². The number of aryl methyl sites for hydroxylation is 2. The quantitative estimate of drug-likeness (QED) is 0.914. The molecule has 2 aromatic rings. The maximum absolute atomic E-state index is 12.5. The number of aromatic amines is 1. The Kier molecular flexibility index (Phi) is 3.68. The molecular weight excluding hydrogens is 264 g/mol. The van der Waals surface area contributed by atoms with Gasteiger partial charge in [-0.05, 0) is 25.5 Å². The Morgan fingerprint density at radius 1 is 1.32 bits per heavy atom. The number of nitrogens with zero attached hydrogens (tertiary/aromatic N) is 3. The molecule has 0 amide bonds. The molecule has 0 bridgehead atoms. The number of sulfonamides is 1. The van der Waals surface area contributed by atoms with E-state index in [1.807, 2.05) is 13.0 Å². The van der Waals surface area contributed by atoms with Crippen LogP contribution in [0.25, 0.3) is 0 Å². The molecule has 0 saturated carbocycles. The predicted molar refractivity (Wildman–Crippen MR) is 71.0 cm³/mol. The van der Waals surface area contributed by atoms with Gasteiger partial charge in [0.25, 0.3) is 0 Å². The molecule has 102 valence electrons. The molecule has 1 N–H and O–H groups in total. The van der Waals surface area contributed by atoms with Crippen LogP contribution < -0.4 is 0 Å². The number of H-pyrrole nitrogens is 1. The SMILES string of the molecule is Cc1ccc(S(=O)(=O)N(C)Cc2ncn[nH]2)c(C)c1. The summed E-state index contributed by atoms with van der Waals surface area (Å²) in [7, 11) is -1.99. The van der Waals surface area contributed by atoms with Crippen molar-refractivity contribution in [3.63, 3.8) is 0 Å². The molecule has 2 rings (SSSR count). The highest BCUT2D eigenvalue weighted by molar-refractivity contribution is 7.89. The van der Waals surface area contributed by atoms with Gasteiger partial charge < -0.3 is 0 Å². The first-order valence-corrected chi connectivity index (χ1v) is 7.23. The zero-order chi connectivity index (χ0) is 14.0. The van der Waals surface area contributed by atoms with Gasteiger partial charge in [-0.15, -0.1) is 0 Å². The molecule has 0 aliphatic heterocycles. The van der Waals surface area contributed by atoms with Gasteiger partial charge in [-0.3, -0.25) is 5.10 Å². The summed E-state index contributed by atoms with van der Waals surface area (Å²) in [6.07, 6.45) is 1.35. The number of nitrogens with one attached hydrogen (secondary N) is 1. The average molecular weight is 280 g/mol. The summed E-state index contributed by atoms with van der Waals surface area (Å²) in [5.74, 6) is 0.510. The standard InChI is InChI=1S/C12H16N4O2S/c1-9-4-5-11(10(2)6-9)19(17,18)16(3)7-12-13-8-14-15-12/h4-6,8H,7H2,1-3H3,(H,13,14,15). The molecular formula is C12H16N4O2S. The van der Waals surface area contributed by atoms with E-state index in [0.29, 0.717) is 10.7 Å². The van der Waals surface area contributed by atoms with E-state index in [2.05, 4.69) is 15.2 Å². The number of benzene rings is 1. The van der Waals surface area contributed by atoms with Crippen molar-refractivity contribution in [3.05, 3.63) is 41.5 Å². The molecule has 0 unspecified atom stereocenters. The molecule has 1 aromatic carbocycles. The van der Waals surface area contributed by atoms with Crippen LogP contribution in [-0.4, -0.2) is 35.0 Å². The van der Waals surface area contributed by atoms with Crippen LogP contribution in [0.5, 0.6) is 0 Å². The fraction of sp³-hybridized carbons (Fsp3) is 0.333. The zero-order valence-corrected chi connectivity index (χ0v) is 11.9. The van der Waals surface area contributed by atoms with E-state index >= 15 is 0 Å². The van der Waals surface area contributed by atoms with E-state index in [1.165, 1.54) is 17.7 Å². The maximum atomic E-state index is 12.5. The molecule has 7 heteroatoms. The Hall–Kier alpha value is -1.73. The van der Waals surface area contributed by atoms with Crippen LogP contribution in [0.1, 0.15) is 17.0 Å². The van der Waals surface area contributed by atoms with Crippen LogP contribution in [0.3, 0.4) is 0 Å². The van der Waals surface area contributed by atoms with Gasteiger partial charge in [0.05, 0.1) is 11.4 Å². The lowest BCUT2D eigenvalue weighted by Crippen LogP contribution is -2.27. The van der Waals surface area contributed by atoms with Crippen LogP contribution in [0.4, 0.5) is 0 Å². The minimum absolute atomic E-state index is 0.162. The van der Waals surface area contributed by atoms with Crippen molar-refractivity contribution in [2.24, 2.45) is 0 Å². The number of aromatic nitrogens is 3. The normalized spacial score (nSPS) is 12.0. The Bertz CT molecular complexity index is 665. The lowest BCUT2D eigenvalue weighted by Gasteiger charge is -2.17. The van der Waals surface area contributed by atoms with E-state index in [9.17, 15) is 8.42 Å². The molecule has 0 atom stereocenters. The summed E-state index contributed by atoms with van der Waals surface area (Å²) in [5, 5.41) is 6.35. The van der Waals surface area contributed by atoms with Crippen LogP contribution >= 0.6 is 0 Å². The second-order valence-electron chi connectivity index (χ2n) is 4.46. The topological polar surface area (TPSA) is 79.0 Å². The Morgan fingerprint density at radius 3 is 2.63 bits per heavy atom. The van der Waals surface area contributed by atoms with Crippen LogP contribution in [0, 0.1) is 13.8 Å². The summed E-state index contributed by atoms with van der Waals surface area (Å²) in [5.41, 5.74) is 1.78. The van der Waals surface area contributed by atoms with Crippen LogP contribution in [0.15, 0.2) is 29.4 Å². The second kappa shape index (κ2) is 5.10. The van der Waals surface area contributed by atoms with Crippen molar-refractivity contribution in [1.82, 2.24) is 19.5 Å². The minimum atomic E-state index is -3.52. The lowest BCUT2D eigenvalue weighted by atomic mass is 10.2. The number of hydrogen-bond donors (Lipinski definition) is 1. The van der Waals surface area contributed by atoms with Gasteiger partial charge in [0.2, 0.25) is 10.0 Å². The highest BCUT2D eigenvalue weighted by atomic mass is 32.2. The van der Waals surface area contributed by atoms with Gasteiger partial charge in [-0.25, -0.2) is 13.4 Å². The summed E-state index contributed by atoms with van der Waals surface area (Å²) in [4.78, 5) is 4.25. The van der Waals surface area contributed by atoms with E-state index in [-0.39, 0.29) is 6.54 Å². The molecule has 1 heterocycles. The molecule has 19 heavy (non-hydrogen) atoms. The van der Waals surface area contributed by atoms with Gasteiger partial charge in [0, 0.05) is 7.05 Å². The molecule has 0 aliphatic carbocycles. The maximum Gasteiger partial charge on any atom is 0.243 e.